The van der Waals surface area contributed by atoms with Gasteiger partial charge >= 0.3 is 0 Å². The van der Waals surface area contributed by atoms with Crippen LogP contribution in [0.4, 0.5) is 0 Å². The number of nitrogens with one attached hydrogen (secondary N) is 1. The molecule has 1 unspecified atom stereocenters. The van der Waals surface area contributed by atoms with Gasteiger partial charge in [0.25, 0.3) is 0 Å². The van der Waals surface area contributed by atoms with E-state index in [9.17, 15) is 0 Å². The van der Waals surface area contributed by atoms with Gasteiger partial charge in [-0.1, -0.05) is 27.7 Å². The van der Waals surface area contributed by atoms with Crippen molar-refractivity contribution >= 4 is 0 Å². The number of hydrogen-bond donors (Lipinski definition) is 1. The predicted molar refractivity (Wildman–Crippen MR) is 73.2 cm³/mol. The van der Waals surface area contributed by atoms with E-state index < -0.39 is 0 Å². The van der Waals surface area contributed by atoms with Crippen LogP contribution in [0.2, 0.25) is 0 Å². The summed E-state index contributed by atoms with van der Waals surface area (Å²) in [6, 6.07) is 0.371. The minimum absolute atomic E-state index is 0.202. The second kappa shape index (κ2) is 5.21. The third-order valence-electron chi connectivity index (χ3n) is 3.32. The molecule has 0 aromatic carbocycles. The van der Waals surface area contributed by atoms with Gasteiger partial charge in [0.1, 0.15) is 0 Å². The maximum atomic E-state index is 4.53. The van der Waals surface area contributed by atoms with E-state index in [0.717, 1.165) is 18.7 Å². The van der Waals surface area contributed by atoms with Gasteiger partial charge in [-0.2, -0.15) is 5.10 Å². The van der Waals surface area contributed by atoms with Gasteiger partial charge in [-0.3, -0.25) is 4.68 Å². The molecule has 1 aromatic rings. The number of hydrogen-bond acceptors (Lipinski definition) is 2. The lowest BCUT2D eigenvalue weighted by Crippen LogP contribution is -2.33. The van der Waals surface area contributed by atoms with E-state index in [1.54, 1.807) is 0 Å². The summed E-state index contributed by atoms with van der Waals surface area (Å²) in [6.45, 7) is 14.4. The molecule has 3 heteroatoms. The van der Waals surface area contributed by atoms with E-state index in [4.69, 9.17) is 0 Å². The Bertz CT molecular complexity index is 372. The number of aromatic nitrogens is 2. The predicted octanol–water partition coefficient (Wildman–Crippen LogP) is 3.12. The van der Waals surface area contributed by atoms with Crippen molar-refractivity contribution in [3.63, 3.8) is 0 Å². The average molecular weight is 237 g/mol. The SMILES string of the molecule is CCCNC(c1c(C)nn(C)c1C)C(C)(C)C. The normalized spacial score (nSPS) is 14.1. The molecule has 0 fully saturated rings. The number of nitrogens with zero attached hydrogens (tertiary/aromatic N) is 2. The zero-order chi connectivity index (χ0) is 13.2. The van der Waals surface area contributed by atoms with Crippen molar-refractivity contribution < 1.29 is 0 Å². The van der Waals surface area contributed by atoms with Crippen LogP contribution in [0.15, 0.2) is 0 Å². The molecular formula is C14H27N3. The molecule has 0 radical (unpaired) electrons. The first-order valence-corrected chi connectivity index (χ1v) is 6.52. The fourth-order valence-corrected chi connectivity index (χ4v) is 2.34. The van der Waals surface area contributed by atoms with Crippen molar-refractivity contribution in [3.8, 4) is 0 Å². The van der Waals surface area contributed by atoms with E-state index in [0.29, 0.717) is 6.04 Å². The first-order valence-electron chi connectivity index (χ1n) is 6.52. The van der Waals surface area contributed by atoms with Crippen molar-refractivity contribution in [2.75, 3.05) is 6.54 Å². The molecule has 17 heavy (non-hydrogen) atoms. The Morgan fingerprint density at radius 3 is 2.24 bits per heavy atom. The van der Waals surface area contributed by atoms with Crippen LogP contribution in [0.5, 0.6) is 0 Å². The Hall–Kier alpha value is -0.830. The van der Waals surface area contributed by atoms with E-state index >= 15 is 0 Å². The monoisotopic (exact) mass is 237 g/mol. The molecule has 1 aromatic heterocycles. The van der Waals surface area contributed by atoms with E-state index in [1.807, 2.05) is 11.7 Å². The summed E-state index contributed by atoms with van der Waals surface area (Å²) in [5.41, 5.74) is 3.99. The van der Waals surface area contributed by atoms with Crippen LogP contribution in [0.25, 0.3) is 0 Å². The lowest BCUT2D eigenvalue weighted by atomic mass is 9.81. The smallest absolute Gasteiger partial charge is 0.0644 e. The van der Waals surface area contributed by atoms with Gasteiger partial charge in [0, 0.05) is 24.3 Å². The number of rotatable bonds is 4. The van der Waals surface area contributed by atoms with Crippen molar-refractivity contribution in [1.82, 2.24) is 15.1 Å². The molecule has 0 amide bonds. The molecule has 0 bridgehead atoms. The fourth-order valence-electron chi connectivity index (χ4n) is 2.34. The highest BCUT2D eigenvalue weighted by atomic mass is 15.3. The summed E-state index contributed by atoms with van der Waals surface area (Å²) in [4.78, 5) is 0. The maximum Gasteiger partial charge on any atom is 0.0644 e. The highest BCUT2D eigenvalue weighted by molar-refractivity contribution is 5.29. The second-order valence-electron chi connectivity index (χ2n) is 5.96. The first-order chi connectivity index (χ1) is 7.79. The second-order valence-corrected chi connectivity index (χ2v) is 5.96. The molecule has 0 saturated carbocycles. The third-order valence-corrected chi connectivity index (χ3v) is 3.32. The Morgan fingerprint density at radius 2 is 1.88 bits per heavy atom. The minimum Gasteiger partial charge on any atom is -0.309 e. The fraction of sp³-hybridized carbons (Fsp3) is 0.786. The topological polar surface area (TPSA) is 29.9 Å². The summed E-state index contributed by atoms with van der Waals surface area (Å²) in [7, 11) is 2.02. The molecule has 0 saturated heterocycles. The van der Waals surface area contributed by atoms with Gasteiger partial charge in [0.2, 0.25) is 0 Å². The van der Waals surface area contributed by atoms with Crippen LogP contribution in [0, 0.1) is 19.3 Å². The Balaban J connectivity index is 3.13. The van der Waals surface area contributed by atoms with Crippen LogP contribution in [0.1, 0.15) is 57.1 Å². The molecule has 0 aliphatic carbocycles. The van der Waals surface area contributed by atoms with E-state index in [-0.39, 0.29) is 5.41 Å². The van der Waals surface area contributed by atoms with Crippen molar-refractivity contribution in [1.29, 1.82) is 0 Å². The maximum absolute atomic E-state index is 4.53. The van der Waals surface area contributed by atoms with Gasteiger partial charge in [0.05, 0.1) is 5.69 Å². The quantitative estimate of drug-likeness (QED) is 0.872. The highest BCUT2D eigenvalue weighted by Crippen LogP contribution is 2.35. The van der Waals surface area contributed by atoms with Crippen molar-refractivity contribution in [2.24, 2.45) is 12.5 Å². The van der Waals surface area contributed by atoms with E-state index in [2.05, 4.69) is 52.0 Å². The molecule has 1 atom stereocenters. The summed E-state index contributed by atoms with van der Waals surface area (Å²) in [5, 5.41) is 8.20. The molecule has 3 nitrogen and oxygen atoms in total. The highest BCUT2D eigenvalue weighted by Gasteiger charge is 2.30. The molecule has 1 N–H and O–H groups in total. The molecule has 98 valence electrons. The van der Waals surface area contributed by atoms with Gasteiger partial charge in [-0.15, -0.1) is 0 Å². The van der Waals surface area contributed by atoms with E-state index in [1.165, 1.54) is 11.3 Å². The summed E-state index contributed by atoms with van der Waals surface area (Å²) in [6.07, 6.45) is 1.16. The van der Waals surface area contributed by atoms with Crippen LogP contribution < -0.4 is 5.32 Å². The van der Waals surface area contributed by atoms with Crippen molar-refractivity contribution in [3.05, 3.63) is 17.0 Å². The van der Waals surface area contributed by atoms with Crippen LogP contribution in [-0.4, -0.2) is 16.3 Å². The number of aryl methyl sites for hydroxylation is 2. The zero-order valence-electron chi connectivity index (χ0n) is 12.4. The molecular weight excluding hydrogens is 210 g/mol. The molecule has 0 aliphatic heterocycles. The van der Waals surface area contributed by atoms with Crippen LogP contribution in [0.3, 0.4) is 0 Å². The largest absolute Gasteiger partial charge is 0.309 e. The molecule has 1 rings (SSSR count). The minimum atomic E-state index is 0.202. The van der Waals surface area contributed by atoms with Crippen LogP contribution in [-0.2, 0) is 7.05 Å². The summed E-state index contributed by atoms with van der Waals surface area (Å²) >= 11 is 0. The molecule has 1 heterocycles. The van der Waals surface area contributed by atoms with Gasteiger partial charge in [-0.05, 0) is 32.2 Å². The van der Waals surface area contributed by atoms with Gasteiger partial charge in [0.15, 0.2) is 0 Å². The Morgan fingerprint density at radius 1 is 1.29 bits per heavy atom. The van der Waals surface area contributed by atoms with Crippen molar-refractivity contribution in [2.45, 2.75) is 54.0 Å². The molecule has 0 aliphatic rings. The van der Waals surface area contributed by atoms with Gasteiger partial charge < -0.3 is 5.32 Å². The summed E-state index contributed by atoms with van der Waals surface area (Å²) < 4.78 is 1.98. The average Bonchev–Trinajstić information content (AvgIpc) is 2.43. The third kappa shape index (κ3) is 3.09. The lowest BCUT2D eigenvalue weighted by molar-refractivity contribution is 0.271. The zero-order valence-corrected chi connectivity index (χ0v) is 12.4. The standard InChI is InChI=1S/C14H27N3/c1-8-9-15-13(14(4,5)6)12-10(2)16-17(7)11(12)3/h13,15H,8-9H2,1-7H3. The molecule has 0 spiro atoms. The lowest BCUT2D eigenvalue weighted by Gasteiger charge is -2.32. The Labute approximate surface area is 106 Å². The van der Waals surface area contributed by atoms with Crippen LogP contribution >= 0.6 is 0 Å². The summed E-state index contributed by atoms with van der Waals surface area (Å²) in [5.74, 6) is 0. The first kappa shape index (κ1) is 14.2. The van der Waals surface area contributed by atoms with Gasteiger partial charge in [-0.25, -0.2) is 0 Å². The Kier molecular flexibility index (Phi) is 4.36.